The van der Waals surface area contributed by atoms with Crippen molar-refractivity contribution >= 4 is 17.2 Å². The predicted molar refractivity (Wildman–Crippen MR) is 102 cm³/mol. The lowest BCUT2D eigenvalue weighted by Gasteiger charge is -2.18. The van der Waals surface area contributed by atoms with E-state index in [-0.39, 0.29) is 17.7 Å². The summed E-state index contributed by atoms with van der Waals surface area (Å²) in [5.74, 6) is 0.183. The van der Waals surface area contributed by atoms with Gasteiger partial charge in [0.15, 0.2) is 11.5 Å². The maximum Gasteiger partial charge on any atom is 0.222 e. The summed E-state index contributed by atoms with van der Waals surface area (Å²) in [6, 6.07) is 1.47. The Morgan fingerprint density at radius 1 is 1.26 bits per heavy atom. The van der Waals surface area contributed by atoms with Crippen LogP contribution in [-0.2, 0) is 13.0 Å². The number of pyridine rings is 1. The highest BCUT2D eigenvalue weighted by Crippen LogP contribution is 2.32. The van der Waals surface area contributed by atoms with Crippen molar-refractivity contribution < 1.29 is 9.50 Å². The van der Waals surface area contributed by atoms with E-state index >= 15 is 0 Å². The minimum Gasteiger partial charge on any atom is -0.390 e. The number of aromatic nitrogens is 4. The average molecular weight is 367 g/mol. The number of aliphatic hydroxyl groups is 1. The first kappa shape index (κ1) is 17.6. The zero-order valence-corrected chi connectivity index (χ0v) is 15.6. The number of hydrogen-bond donors (Lipinski definition) is 2. The number of nitrogens with zero attached hydrogens (tertiary/aromatic N) is 4. The van der Waals surface area contributed by atoms with Gasteiger partial charge in [-0.25, -0.2) is 19.3 Å². The van der Waals surface area contributed by atoms with Crippen LogP contribution in [-0.4, -0.2) is 31.0 Å². The first-order valence-corrected chi connectivity index (χ1v) is 8.93. The molecule has 7 heteroatoms. The van der Waals surface area contributed by atoms with Crippen LogP contribution in [0.4, 0.5) is 10.3 Å². The molecule has 4 rings (SSSR count). The molecule has 0 aliphatic heterocycles. The lowest BCUT2D eigenvalue weighted by molar-refractivity contribution is 0.275. The highest BCUT2D eigenvalue weighted by atomic mass is 19.1. The normalized spacial score (nSPS) is 13.7. The van der Waals surface area contributed by atoms with E-state index in [1.807, 2.05) is 6.08 Å². The molecular formula is C20H22FN5O. The third-order valence-corrected chi connectivity index (χ3v) is 4.54. The lowest BCUT2D eigenvalue weighted by Crippen LogP contribution is -2.20. The van der Waals surface area contributed by atoms with Crippen molar-refractivity contribution in [3.63, 3.8) is 0 Å². The summed E-state index contributed by atoms with van der Waals surface area (Å²) in [6.07, 6.45) is 7.77. The molecule has 0 bridgehead atoms. The van der Waals surface area contributed by atoms with E-state index in [9.17, 15) is 9.50 Å². The van der Waals surface area contributed by atoms with Crippen molar-refractivity contribution in [2.75, 3.05) is 11.9 Å². The molecule has 0 unspecified atom stereocenters. The fourth-order valence-electron chi connectivity index (χ4n) is 3.17. The van der Waals surface area contributed by atoms with Crippen molar-refractivity contribution in [3.05, 3.63) is 59.1 Å². The number of rotatable bonds is 4. The fourth-order valence-corrected chi connectivity index (χ4v) is 3.17. The van der Waals surface area contributed by atoms with Crippen LogP contribution < -0.4 is 5.32 Å². The zero-order chi connectivity index (χ0) is 19.2. The number of allylic oxidation sites excluding steroid dienone is 1. The van der Waals surface area contributed by atoms with Gasteiger partial charge < -0.3 is 10.4 Å². The van der Waals surface area contributed by atoms with E-state index in [4.69, 9.17) is 0 Å². The van der Waals surface area contributed by atoms with Crippen LogP contribution >= 0.6 is 0 Å². The van der Waals surface area contributed by atoms with Gasteiger partial charge in [0.2, 0.25) is 5.95 Å². The van der Waals surface area contributed by atoms with Gasteiger partial charge in [-0.05, 0) is 17.1 Å². The number of nitrogens with one attached hydrogen (secondary N) is 1. The molecule has 0 saturated heterocycles. The Balaban J connectivity index is 1.67. The number of imidazole rings is 1. The van der Waals surface area contributed by atoms with E-state index in [1.54, 1.807) is 16.8 Å². The van der Waals surface area contributed by atoms with Gasteiger partial charge >= 0.3 is 0 Å². The van der Waals surface area contributed by atoms with Crippen LogP contribution in [0.2, 0.25) is 0 Å². The van der Waals surface area contributed by atoms with Crippen molar-refractivity contribution in [1.29, 1.82) is 0 Å². The molecule has 3 aromatic rings. The van der Waals surface area contributed by atoms with Crippen LogP contribution in [0.1, 0.15) is 43.3 Å². The molecule has 0 radical (unpaired) electrons. The summed E-state index contributed by atoms with van der Waals surface area (Å²) in [4.78, 5) is 13.1. The third-order valence-electron chi connectivity index (χ3n) is 4.54. The molecule has 2 N–H and O–H groups in total. The molecule has 0 fully saturated rings. The minimum atomic E-state index is -0.425. The van der Waals surface area contributed by atoms with Crippen molar-refractivity contribution in [1.82, 2.24) is 19.4 Å². The smallest absolute Gasteiger partial charge is 0.222 e. The summed E-state index contributed by atoms with van der Waals surface area (Å²) < 4.78 is 16.1. The molecule has 0 amide bonds. The molecule has 0 saturated carbocycles. The van der Waals surface area contributed by atoms with Crippen LogP contribution in [0.15, 0.2) is 30.7 Å². The summed E-state index contributed by atoms with van der Waals surface area (Å²) in [7, 11) is 0. The zero-order valence-electron chi connectivity index (χ0n) is 15.6. The van der Waals surface area contributed by atoms with E-state index in [1.165, 1.54) is 12.3 Å². The Morgan fingerprint density at radius 2 is 2.07 bits per heavy atom. The predicted octanol–water partition coefficient (Wildman–Crippen LogP) is 3.20. The molecule has 0 aromatic carbocycles. The van der Waals surface area contributed by atoms with Crippen molar-refractivity contribution in [2.45, 2.75) is 33.8 Å². The molecule has 6 nitrogen and oxygen atoms in total. The number of aliphatic hydroxyl groups excluding tert-OH is 1. The highest BCUT2D eigenvalue weighted by Gasteiger charge is 2.21. The van der Waals surface area contributed by atoms with Crippen LogP contribution in [0, 0.1) is 11.2 Å². The molecule has 0 atom stereocenters. The standard InChI is InChI=1S/C20H22FN5O/c1-20(2,3)11-24-19-23-8-15-14(4-5-17(15)25-19)12-6-16(21)18-22-7-13(10-27)26(18)9-12/h4,6-9,27H,5,10-11H2,1-3H3,(H,23,24,25). The lowest BCUT2D eigenvalue weighted by atomic mass is 9.97. The van der Waals surface area contributed by atoms with Gasteiger partial charge in [0.05, 0.1) is 24.2 Å². The highest BCUT2D eigenvalue weighted by molar-refractivity contribution is 5.84. The molecule has 0 spiro atoms. The summed E-state index contributed by atoms with van der Waals surface area (Å²) in [6.45, 7) is 7.02. The third kappa shape index (κ3) is 3.30. The Kier molecular flexibility index (Phi) is 4.19. The molecule has 1 aliphatic rings. The summed E-state index contributed by atoms with van der Waals surface area (Å²) in [5.41, 5.74) is 4.32. The minimum absolute atomic E-state index is 0.133. The van der Waals surface area contributed by atoms with Crippen LogP contribution in [0.5, 0.6) is 0 Å². The second-order valence-corrected chi connectivity index (χ2v) is 7.97. The maximum atomic E-state index is 14.5. The van der Waals surface area contributed by atoms with Gasteiger partial charge in [-0.2, -0.15) is 0 Å². The maximum absolute atomic E-state index is 14.5. The Bertz CT molecular complexity index is 1050. The van der Waals surface area contributed by atoms with Gasteiger partial charge in [0, 0.05) is 36.5 Å². The van der Waals surface area contributed by atoms with E-state index in [0.717, 1.165) is 23.4 Å². The quantitative estimate of drug-likeness (QED) is 0.741. The molecular weight excluding hydrogens is 345 g/mol. The molecule has 3 aromatic heterocycles. The second kappa shape index (κ2) is 6.42. The van der Waals surface area contributed by atoms with Crippen LogP contribution in [0.25, 0.3) is 11.2 Å². The Hall–Kier alpha value is -2.80. The summed E-state index contributed by atoms with van der Waals surface area (Å²) >= 11 is 0. The van der Waals surface area contributed by atoms with Gasteiger partial charge in [-0.1, -0.05) is 26.8 Å². The topological polar surface area (TPSA) is 75.3 Å². The Labute approximate surface area is 156 Å². The van der Waals surface area contributed by atoms with E-state index in [2.05, 4.69) is 41.0 Å². The Morgan fingerprint density at radius 3 is 2.81 bits per heavy atom. The van der Waals surface area contributed by atoms with Crippen molar-refractivity contribution in [2.24, 2.45) is 5.41 Å². The van der Waals surface area contributed by atoms with E-state index in [0.29, 0.717) is 23.6 Å². The van der Waals surface area contributed by atoms with Gasteiger partial charge in [-0.15, -0.1) is 0 Å². The number of anilines is 1. The first-order chi connectivity index (χ1) is 12.9. The number of hydrogen-bond acceptors (Lipinski definition) is 5. The number of fused-ring (bicyclic) bond motifs is 2. The SMILES string of the molecule is CC(C)(C)CNc1ncc2c(n1)CC=C2c1cc(F)c2ncc(CO)n2c1. The molecule has 1 aliphatic carbocycles. The molecule has 27 heavy (non-hydrogen) atoms. The van der Waals surface area contributed by atoms with E-state index < -0.39 is 5.82 Å². The molecule has 3 heterocycles. The molecule has 140 valence electrons. The van der Waals surface area contributed by atoms with Crippen molar-refractivity contribution in [3.8, 4) is 0 Å². The van der Waals surface area contributed by atoms with Gasteiger partial charge in [0.25, 0.3) is 0 Å². The second-order valence-electron chi connectivity index (χ2n) is 7.97. The summed E-state index contributed by atoms with van der Waals surface area (Å²) in [5, 5.41) is 12.7. The fraction of sp³-hybridized carbons (Fsp3) is 0.350. The van der Waals surface area contributed by atoms with Crippen LogP contribution in [0.3, 0.4) is 0 Å². The monoisotopic (exact) mass is 367 g/mol. The van der Waals surface area contributed by atoms with Gasteiger partial charge in [0.1, 0.15) is 0 Å². The first-order valence-electron chi connectivity index (χ1n) is 8.93. The van der Waals surface area contributed by atoms with Gasteiger partial charge in [-0.3, -0.25) is 4.40 Å². The largest absolute Gasteiger partial charge is 0.390 e. The average Bonchev–Trinajstić information content (AvgIpc) is 3.22. The number of halogens is 1.